The van der Waals surface area contributed by atoms with Crippen molar-refractivity contribution < 1.29 is 15.8 Å². The van der Waals surface area contributed by atoms with Gasteiger partial charge in [-0.15, -0.1) is 0 Å². The number of hydrogen-bond acceptors (Lipinski definition) is 2. The Bertz CT molecular complexity index is 354. The molecular formula is C6H7BrCaO3S. The summed E-state index contributed by atoms with van der Waals surface area (Å²) in [7, 11) is -4.04. The van der Waals surface area contributed by atoms with Crippen LogP contribution in [0.4, 0.5) is 0 Å². The van der Waals surface area contributed by atoms with E-state index in [1.165, 1.54) is 12.1 Å². The largest absolute Gasteiger partial charge is 2.00 e. The van der Waals surface area contributed by atoms with E-state index in [1.807, 2.05) is 0 Å². The summed E-state index contributed by atoms with van der Waals surface area (Å²) < 4.78 is 30.3. The summed E-state index contributed by atoms with van der Waals surface area (Å²) >= 11 is 3.14. The Morgan fingerprint density at radius 1 is 1.25 bits per heavy atom. The van der Waals surface area contributed by atoms with Gasteiger partial charge in [0.2, 0.25) is 0 Å². The summed E-state index contributed by atoms with van der Waals surface area (Å²) in [5.74, 6) is 0. The third-order valence-electron chi connectivity index (χ3n) is 1.11. The van der Waals surface area contributed by atoms with Gasteiger partial charge in [-0.2, -0.15) is 8.42 Å². The van der Waals surface area contributed by atoms with Crippen LogP contribution in [0.5, 0.6) is 0 Å². The average molecular weight is 279 g/mol. The van der Waals surface area contributed by atoms with Crippen LogP contribution in [-0.2, 0) is 10.1 Å². The van der Waals surface area contributed by atoms with E-state index in [4.69, 9.17) is 4.55 Å². The molecule has 3 nitrogen and oxygen atoms in total. The molecule has 1 rings (SSSR count). The van der Waals surface area contributed by atoms with Gasteiger partial charge in [0.15, 0.2) is 0 Å². The molecule has 0 heterocycles. The van der Waals surface area contributed by atoms with Crippen molar-refractivity contribution in [2.75, 3.05) is 0 Å². The van der Waals surface area contributed by atoms with Crippen molar-refractivity contribution in [1.82, 2.24) is 0 Å². The average Bonchev–Trinajstić information content (AvgIpc) is 1.86. The summed E-state index contributed by atoms with van der Waals surface area (Å²) in [6, 6.07) is 5.73. The van der Waals surface area contributed by atoms with E-state index in [1.54, 1.807) is 12.1 Å². The van der Waals surface area contributed by atoms with Crippen LogP contribution >= 0.6 is 15.9 Å². The molecule has 6 heteroatoms. The fourth-order valence-electron chi connectivity index (χ4n) is 0.607. The minimum Gasteiger partial charge on any atom is -1.00 e. The number of hydrogen-bond donors (Lipinski definition) is 1. The van der Waals surface area contributed by atoms with Gasteiger partial charge in [0.05, 0.1) is 4.90 Å². The minimum atomic E-state index is -4.04. The molecule has 1 aromatic rings. The Hall–Kier alpha value is 0.870. The van der Waals surface area contributed by atoms with Crippen molar-refractivity contribution in [3.05, 3.63) is 28.7 Å². The van der Waals surface area contributed by atoms with Gasteiger partial charge in [-0.25, -0.2) is 0 Å². The van der Waals surface area contributed by atoms with Gasteiger partial charge in [-0.05, 0) is 24.3 Å². The molecule has 0 aromatic heterocycles. The van der Waals surface area contributed by atoms with Crippen molar-refractivity contribution in [1.29, 1.82) is 0 Å². The van der Waals surface area contributed by atoms with Gasteiger partial charge >= 0.3 is 37.7 Å². The first kappa shape index (κ1) is 12.9. The standard InChI is InChI=1S/C6H5BrO3S.Ca.2H/c7-5-1-3-6(4-2-5)11(8,9)10;;;/h1-4H,(H,8,9,10);;;/q;+2;2*-1. The molecule has 0 spiro atoms. The Morgan fingerprint density at radius 2 is 1.67 bits per heavy atom. The maximum Gasteiger partial charge on any atom is 2.00 e. The zero-order valence-corrected chi connectivity index (χ0v) is 10.7. The van der Waals surface area contributed by atoms with E-state index in [2.05, 4.69) is 15.9 Å². The van der Waals surface area contributed by atoms with E-state index < -0.39 is 10.1 Å². The minimum absolute atomic E-state index is 0. The van der Waals surface area contributed by atoms with E-state index in [0.29, 0.717) is 0 Å². The molecule has 0 saturated heterocycles. The summed E-state index contributed by atoms with van der Waals surface area (Å²) in [5, 5.41) is 0. The number of benzene rings is 1. The van der Waals surface area contributed by atoms with Crippen molar-refractivity contribution in [2.24, 2.45) is 0 Å². The molecule has 0 fully saturated rings. The predicted molar refractivity (Wildman–Crippen MR) is 51.9 cm³/mol. The Balaban J connectivity index is -0.000000403. The topological polar surface area (TPSA) is 54.4 Å². The first-order valence-electron chi connectivity index (χ1n) is 2.73. The van der Waals surface area contributed by atoms with Gasteiger partial charge in [0.25, 0.3) is 10.1 Å². The zero-order valence-electron chi connectivity index (χ0n) is 8.07. The molecule has 0 radical (unpaired) electrons. The van der Waals surface area contributed by atoms with E-state index >= 15 is 0 Å². The molecule has 0 atom stereocenters. The molecule has 64 valence electrons. The summed E-state index contributed by atoms with van der Waals surface area (Å²) in [4.78, 5) is -0.0966. The van der Waals surface area contributed by atoms with Crippen LogP contribution in [0.3, 0.4) is 0 Å². The molecule has 0 aliphatic carbocycles. The fourth-order valence-corrected chi connectivity index (χ4v) is 1.35. The van der Waals surface area contributed by atoms with Crippen molar-refractivity contribution in [3.8, 4) is 0 Å². The molecular weight excluding hydrogens is 272 g/mol. The Morgan fingerprint density at radius 3 is 2.00 bits per heavy atom. The number of halogens is 1. The Labute approximate surface area is 112 Å². The van der Waals surface area contributed by atoms with Crippen LogP contribution in [-0.4, -0.2) is 50.7 Å². The van der Waals surface area contributed by atoms with Crippen LogP contribution in [0, 0.1) is 0 Å². The summed E-state index contributed by atoms with van der Waals surface area (Å²) in [5.41, 5.74) is 0. The quantitative estimate of drug-likeness (QED) is 0.626. The molecule has 0 aliphatic heterocycles. The summed E-state index contributed by atoms with van der Waals surface area (Å²) in [6.07, 6.45) is 0. The van der Waals surface area contributed by atoms with Gasteiger partial charge in [-0.3, -0.25) is 4.55 Å². The van der Waals surface area contributed by atoms with Crippen molar-refractivity contribution in [2.45, 2.75) is 4.90 Å². The normalized spacial score (nSPS) is 10.5. The maximum absolute atomic E-state index is 10.5. The second kappa shape index (κ2) is 4.93. The van der Waals surface area contributed by atoms with Gasteiger partial charge in [-0.1, -0.05) is 15.9 Å². The smallest absolute Gasteiger partial charge is 1.00 e. The molecule has 0 bridgehead atoms. The van der Waals surface area contributed by atoms with E-state index in [0.717, 1.165) is 4.47 Å². The molecule has 0 saturated carbocycles. The summed E-state index contributed by atoms with van der Waals surface area (Å²) in [6.45, 7) is 0. The number of rotatable bonds is 1. The monoisotopic (exact) mass is 278 g/mol. The molecule has 0 aliphatic rings. The molecule has 1 N–H and O–H groups in total. The Kier molecular flexibility index (Phi) is 5.29. The van der Waals surface area contributed by atoms with Crippen LogP contribution in [0.1, 0.15) is 2.85 Å². The van der Waals surface area contributed by atoms with Crippen LogP contribution < -0.4 is 0 Å². The molecule has 12 heavy (non-hydrogen) atoms. The van der Waals surface area contributed by atoms with Crippen LogP contribution in [0.15, 0.2) is 33.6 Å². The second-order valence-electron chi connectivity index (χ2n) is 1.93. The first-order valence-corrected chi connectivity index (χ1v) is 4.96. The predicted octanol–water partition coefficient (Wildman–Crippen LogP) is 1.54. The molecule has 0 unspecified atom stereocenters. The van der Waals surface area contributed by atoms with Crippen LogP contribution in [0.2, 0.25) is 0 Å². The molecule has 0 amide bonds. The first-order chi connectivity index (χ1) is 5.00. The third kappa shape index (κ3) is 3.72. The second-order valence-corrected chi connectivity index (χ2v) is 4.27. The van der Waals surface area contributed by atoms with Crippen molar-refractivity contribution in [3.63, 3.8) is 0 Å². The zero-order chi connectivity index (χ0) is 8.48. The van der Waals surface area contributed by atoms with E-state index in [-0.39, 0.29) is 45.5 Å². The van der Waals surface area contributed by atoms with Gasteiger partial charge in [0, 0.05) is 4.47 Å². The maximum atomic E-state index is 10.5. The van der Waals surface area contributed by atoms with Gasteiger partial charge in [0.1, 0.15) is 0 Å². The third-order valence-corrected chi connectivity index (χ3v) is 2.51. The SMILES string of the molecule is O=S(=O)(O)c1ccc(Br)cc1.[Ca+2].[H-].[H-]. The van der Waals surface area contributed by atoms with Gasteiger partial charge < -0.3 is 2.85 Å². The van der Waals surface area contributed by atoms with E-state index in [9.17, 15) is 8.42 Å². The van der Waals surface area contributed by atoms with Crippen molar-refractivity contribution >= 4 is 63.8 Å². The fraction of sp³-hybridized carbons (Fsp3) is 0. The molecule has 1 aromatic carbocycles. The van der Waals surface area contributed by atoms with Crippen LogP contribution in [0.25, 0.3) is 0 Å².